The third-order valence-electron chi connectivity index (χ3n) is 5.25. The molecule has 0 bridgehead atoms. The van der Waals surface area contributed by atoms with E-state index in [0.29, 0.717) is 40.4 Å². The van der Waals surface area contributed by atoms with E-state index < -0.39 is 0 Å². The minimum absolute atomic E-state index is 0.0983. The summed E-state index contributed by atoms with van der Waals surface area (Å²) in [4.78, 5) is 26.4. The average Bonchev–Trinajstić information content (AvgIpc) is 3.63. The van der Waals surface area contributed by atoms with Crippen molar-refractivity contribution in [2.75, 3.05) is 11.9 Å². The summed E-state index contributed by atoms with van der Waals surface area (Å²) in [6, 6.07) is 16.7. The van der Waals surface area contributed by atoms with Crippen molar-refractivity contribution in [3.05, 3.63) is 77.6 Å². The van der Waals surface area contributed by atoms with Crippen LogP contribution in [-0.2, 0) is 0 Å². The van der Waals surface area contributed by atoms with Crippen molar-refractivity contribution >= 4 is 39.9 Å². The summed E-state index contributed by atoms with van der Waals surface area (Å²) in [7, 11) is 0. The van der Waals surface area contributed by atoms with Gasteiger partial charge in [-0.3, -0.25) is 9.78 Å². The first-order valence-corrected chi connectivity index (χ1v) is 10.6. The van der Waals surface area contributed by atoms with Crippen LogP contribution in [0.3, 0.4) is 0 Å². The second kappa shape index (κ2) is 8.32. The molecule has 5 rings (SSSR count). The van der Waals surface area contributed by atoms with Crippen LogP contribution < -0.4 is 10.6 Å². The first kappa shape index (κ1) is 19.5. The Kier molecular flexibility index (Phi) is 5.22. The van der Waals surface area contributed by atoms with Crippen LogP contribution in [0, 0.1) is 5.92 Å². The number of fused-ring (bicyclic) bond motifs is 1. The molecule has 0 radical (unpaired) electrons. The van der Waals surface area contributed by atoms with Crippen LogP contribution in [0.5, 0.6) is 0 Å². The second-order valence-corrected chi connectivity index (χ2v) is 8.06. The number of para-hydroxylation sites is 1. The number of anilines is 2. The first-order chi connectivity index (χ1) is 15.2. The number of rotatable bonds is 6. The van der Waals surface area contributed by atoms with Gasteiger partial charge in [0.2, 0.25) is 0 Å². The van der Waals surface area contributed by atoms with Crippen LogP contribution in [0.15, 0.2) is 67.0 Å². The summed E-state index contributed by atoms with van der Waals surface area (Å²) in [5.41, 5.74) is 2.79. The van der Waals surface area contributed by atoms with E-state index in [1.165, 1.54) is 12.8 Å². The fourth-order valence-electron chi connectivity index (χ4n) is 3.39. The summed E-state index contributed by atoms with van der Waals surface area (Å²) in [6.45, 7) is 0.713. The van der Waals surface area contributed by atoms with Gasteiger partial charge >= 0.3 is 0 Å². The lowest BCUT2D eigenvalue weighted by atomic mass is 10.1. The summed E-state index contributed by atoms with van der Waals surface area (Å²) in [6.07, 6.45) is 5.80. The smallest absolute Gasteiger partial charge is 0.253 e. The van der Waals surface area contributed by atoms with E-state index in [2.05, 4.69) is 20.6 Å². The highest BCUT2D eigenvalue weighted by Gasteiger charge is 2.22. The molecule has 0 spiro atoms. The highest BCUT2D eigenvalue weighted by atomic mass is 35.5. The van der Waals surface area contributed by atoms with Gasteiger partial charge in [-0.25, -0.2) is 9.97 Å². The molecule has 4 aromatic rings. The Morgan fingerprint density at radius 1 is 1.06 bits per heavy atom. The lowest BCUT2D eigenvalue weighted by Gasteiger charge is -2.14. The van der Waals surface area contributed by atoms with Crippen LogP contribution in [0.1, 0.15) is 23.2 Å². The van der Waals surface area contributed by atoms with Crippen LogP contribution in [-0.4, -0.2) is 27.4 Å². The molecule has 31 heavy (non-hydrogen) atoms. The number of nitrogens with zero attached hydrogens (tertiary/aromatic N) is 3. The molecule has 2 aromatic heterocycles. The van der Waals surface area contributed by atoms with Gasteiger partial charge in [0, 0.05) is 34.9 Å². The Morgan fingerprint density at radius 3 is 2.74 bits per heavy atom. The number of nitrogens with one attached hydrogen (secondary N) is 2. The number of pyridine rings is 1. The Hall–Kier alpha value is -3.51. The van der Waals surface area contributed by atoms with Crippen molar-refractivity contribution in [1.82, 2.24) is 20.3 Å². The monoisotopic (exact) mass is 429 g/mol. The predicted octanol–water partition coefficient (Wildman–Crippen LogP) is 5.23. The highest BCUT2D eigenvalue weighted by molar-refractivity contribution is 6.31. The third kappa shape index (κ3) is 4.34. The predicted molar refractivity (Wildman–Crippen MR) is 123 cm³/mol. The van der Waals surface area contributed by atoms with E-state index in [-0.39, 0.29) is 5.91 Å². The Morgan fingerprint density at radius 2 is 1.94 bits per heavy atom. The van der Waals surface area contributed by atoms with Gasteiger partial charge in [-0.05, 0) is 61.2 Å². The van der Waals surface area contributed by atoms with Gasteiger partial charge in [0.25, 0.3) is 5.91 Å². The fraction of sp³-hybridized carbons (Fsp3) is 0.167. The number of carbonyl (C=O) groups excluding carboxylic acids is 1. The molecule has 1 amide bonds. The van der Waals surface area contributed by atoms with Crippen molar-refractivity contribution in [2.24, 2.45) is 5.92 Å². The molecular formula is C24H20ClN5O. The average molecular weight is 430 g/mol. The molecule has 7 heteroatoms. The lowest BCUT2D eigenvalue weighted by molar-refractivity contribution is 0.0952. The van der Waals surface area contributed by atoms with E-state index >= 15 is 0 Å². The maximum Gasteiger partial charge on any atom is 0.253 e. The van der Waals surface area contributed by atoms with Crippen molar-refractivity contribution in [3.8, 4) is 11.4 Å². The molecule has 2 aromatic carbocycles. The van der Waals surface area contributed by atoms with Gasteiger partial charge < -0.3 is 10.6 Å². The Labute approximate surface area is 184 Å². The molecule has 154 valence electrons. The minimum atomic E-state index is -0.0983. The molecule has 1 aliphatic rings. The van der Waals surface area contributed by atoms with Crippen molar-refractivity contribution in [1.29, 1.82) is 0 Å². The van der Waals surface area contributed by atoms with Gasteiger partial charge in [-0.1, -0.05) is 23.7 Å². The number of carbonyl (C=O) groups is 1. The molecule has 1 saturated carbocycles. The zero-order valence-corrected chi connectivity index (χ0v) is 17.4. The zero-order chi connectivity index (χ0) is 21.2. The molecule has 0 saturated heterocycles. The minimum Gasteiger partial charge on any atom is -0.352 e. The Bertz CT molecular complexity index is 1260. The SMILES string of the molecule is O=C(NCC1CC1)c1ccccc1Nc1nc(-c2cccnc2)nc2ccc(Cl)cc12. The van der Waals surface area contributed by atoms with Crippen LogP contribution in [0.2, 0.25) is 5.02 Å². The van der Waals surface area contributed by atoms with Gasteiger partial charge in [0.1, 0.15) is 5.82 Å². The lowest BCUT2D eigenvalue weighted by Crippen LogP contribution is -2.26. The maximum absolute atomic E-state index is 12.8. The molecule has 2 N–H and O–H groups in total. The van der Waals surface area contributed by atoms with Gasteiger partial charge in [0.15, 0.2) is 5.82 Å². The van der Waals surface area contributed by atoms with E-state index in [9.17, 15) is 4.79 Å². The standard InChI is InChI=1S/C24H20ClN5O/c25-17-9-10-21-19(12-17)23(30-22(28-21)16-4-3-11-26-14-16)29-20-6-2-1-5-18(20)24(31)27-13-15-7-8-15/h1-6,9-12,14-15H,7-8,13H2,(H,27,31)(H,28,29,30). The molecule has 1 fully saturated rings. The molecule has 6 nitrogen and oxygen atoms in total. The molecule has 0 aliphatic heterocycles. The van der Waals surface area contributed by atoms with Crippen molar-refractivity contribution < 1.29 is 4.79 Å². The number of benzene rings is 2. The molecule has 0 atom stereocenters. The molecule has 0 unspecified atom stereocenters. The quantitative estimate of drug-likeness (QED) is 0.438. The van der Waals surface area contributed by atoms with E-state index in [4.69, 9.17) is 16.6 Å². The summed E-state index contributed by atoms with van der Waals surface area (Å²) in [5, 5.41) is 7.73. The van der Waals surface area contributed by atoms with Crippen molar-refractivity contribution in [3.63, 3.8) is 0 Å². The van der Waals surface area contributed by atoms with Gasteiger partial charge in [-0.15, -0.1) is 0 Å². The molecular weight excluding hydrogens is 410 g/mol. The van der Waals surface area contributed by atoms with Crippen LogP contribution in [0.4, 0.5) is 11.5 Å². The number of aromatic nitrogens is 3. The van der Waals surface area contributed by atoms with Crippen LogP contribution >= 0.6 is 11.6 Å². The molecule has 1 aliphatic carbocycles. The number of hydrogen-bond donors (Lipinski definition) is 2. The Balaban J connectivity index is 1.55. The highest BCUT2D eigenvalue weighted by Crippen LogP contribution is 2.31. The van der Waals surface area contributed by atoms with E-state index in [1.54, 1.807) is 18.5 Å². The number of halogens is 1. The van der Waals surface area contributed by atoms with Gasteiger partial charge in [0.05, 0.1) is 16.8 Å². The van der Waals surface area contributed by atoms with E-state index in [1.807, 2.05) is 48.5 Å². The fourth-order valence-corrected chi connectivity index (χ4v) is 3.56. The summed E-state index contributed by atoms with van der Waals surface area (Å²) in [5.74, 6) is 1.63. The third-order valence-corrected chi connectivity index (χ3v) is 5.49. The van der Waals surface area contributed by atoms with E-state index in [0.717, 1.165) is 16.5 Å². The normalized spacial score (nSPS) is 13.2. The number of amides is 1. The second-order valence-electron chi connectivity index (χ2n) is 7.62. The molecule has 2 heterocycles. The summed E-state index contributed by atoms with van der Waals surface area (Å²) >= 11 is 6.25. The largest absolute Gasteiger partial charge is 0.352 e. The topological polar surface area (TPSA) is 79.8 Å². The first-order valence-electron chi connectivity index (χ1n) is 10.2. The maximum atomic E-state index is 12.8. The van der Waals surface area contributed by atoms with Crippen molar-refractivity contribution in [2.45, 2.75) is 12.8 Å². The van der Waals surface area contributed by atoms with Gasteiger partial charge in [-0.2, -0.15) is 0 Å². The number of hydrogen-bond acceptors (Lipinski definition) is 5. The summed E-state index contributed by atoms with van der Waals surface area (Å²) < 4.78 is 0. The zero-order valence-electron chi connectivity index (χ0n) is 16.7. The van der Waals surface area contributed by atoms with Crippen LogP contribution in [0.25, 0.3) is 22.3 Å².